The summed E-state index contributed by atoms with van der Waals surface area (Å²) in [6.45, 7) is 3.73. The number of likely N-dealkylation sites (tertiary alicyclic amines) is 1. The second kappa shape index (κ2) is 10.8. The van der Waals surface area contributed by atoms with Gasteiger partial charge in [0.15, 0.2) is 0 Å². The van der Waals surface area contributed by atoms with Crippen molar-refractivity contribution in [1.29, 1.82) is 0 Å². The SMILES string of the molecule is [2H]C([2H])([2H])N(C(=O)C(=O)Nc1c(C(F)(F)F)cccc1C(F)(F)F)[C@@H](CC1CC1)C(=O)N1C[C@]2(C[C@H]1[N+]#[C-])C(=O)Nc1ccccc12. The lowest BCUT2D eigenvalue weighted by Gasteiger charge is -2.31. The number of carbonyl (C=O) groups is 4. The number of hydrogen-bond donors (Lipinski definition) is 2. The van der Waals surface area contributed by atoms with Crippen LogP contribution in [0.2, 0.25) is 0 Å². The molecular weight excluding hydrogens is 596 g/mol. The summed E-state index contributed by atoms with van der Waals surface area (Å²) in [7, 11) is 0. The second-order valence-corrected chi connectivity index (χ2v) is 10.9. The van der Waals surface area contributed by atoms with Crippen molar-refractivity contribution in [2.75, 3.05) is 24.2 Å². The molecule has 44 heavy (non-hydrogen) atoms. The van der Waals surface area contributed by atoms with Crippen molar-refractivity contribution in [2.45, 2.75) is 55.7 Å². The number of likely N-dealkylation sites (N-methyl/N-ethyl adjacent to an activating group) is 1. The van der Waals surface area contributed by atoms with E-state index in [9.17, 15) is 45.5 Å². The Morgan fingerprint density at radius 2 is 1.75 bits per heavy atom. The van der Waals surface area contributed by atoms with Crippen LogP contribution in [0.25, 0.3) is 4.85 Å². The highest BCUT2D eigenvalue weighted by Crippen LogP contribution is 2.47. The number of hydrogen-bond acceptors (Lipinski definition) is 4. The summed E-state index contributed by atoms with van der Waals surface area (Å²) >= 11 is 0. The molecule has 1 aliphatic carbocycles. The zero-order valence-corrected chi connectivity index (χ0v) is 22.6. The van der Waals surface area contributed by atoms with E-state index >= 15 is 0 Å². The first-order valence-electron chi connectivity index (χ1n) is 14.8. The molecule has 2 aliphatic heterocycles. The van der Waals surface area contributed by atoms with Gasteiger partial charge in [0, 0.05) is 23.3 Å². The average Bonchev–Trinajstić information content (AvgIpc) is 3.64. The van der Waals surface area contributed by atoms with Crippen molar-refractivity contribution in [2.24, 2.45) is 5.92 Å². The summed E-state index contributed by atoms with van der Waals surface area (Å²) in [6, 6.07) is 5.48. The van der Waals surface area contributed by atoms with Gasteiger partial charge < -0.3 is 15.5 Å². The van der Waals surface area contributed by atoms with E-state index in [0.29, 0.717) is 30.2 Å². The maximum absolute atomic E-state index is 14.2. The summed E-state index contributed by atoms with van der Waals surface area (Å²) in [4.78, 5) is 58.2. The molecule has 2 N–H and O–H groups in total. The summed E-state index contributed by atoms with van der Waals surface area (Å²) in [6.07, 6.45) is -11.7. The van der Waals surface area contributed by atoms with Gasteiger partial charge in [0.1, 0.15) is 11.5 Å². The molecule has 1 saturated heterocycles. The number of nitrogens with zero attached hydrogens (tertiary/aromatic N) is 3. The molecule has 0 bridgehead atoms. The fraction of sp³-hybridized carbons (Fsp3) is 0.414. The number of para-hydroxylation sites is 2. The van der Waals surface area contributed by atoms with Crippen LogP contribution in [0.1, 0.15) is 46.5 Å². The standard InChI is InChI=1S/C29H25F6N5O4/c1-36-21-13-27(16-6-3-4-9-19(16)37-26(27)44)14-40(21)24(42)20(12-15-10-11-15)39(2)25(43)23(41)38-22-17(28(30,31)32)7-5-8-18(22)29(33,34)35/h3-9,15,20-21H,10-14H2,2H3,(H,37,44)(H,38,41)/t20-,21-,27-/m0/s1/i2D3. The normalized spacial score (nSPS) is 23.1. The van der Waals surface area contributed by atoms with Gasteiger partial charge in [0.25, 0.3) is 5.91 Å². The van der Waals surface area contributed by atoms with Gasteiger partial charge in [-0.3, -0.25) is 28.9 Å². The predicted octanol–water partition coefficient (Wildman–Crippen LogP) is 4.66. The Labute approximate surface area is 251 Å². The maximum atomic E-state index is 14.2. The van der Waals surface area contributed by atoms with Gasteiger partial charge in [-0.05, 0) is 36.1 Å². The molecule has 2 aromatic carbocycles. The molecule has 2 aromatic rings. The third-order valence-corrected chi connectivity index (χ3v) is 8.07. The molecule has 1 saturated carbocycles. The minimum absolute atomic E-state index is 0.138. The Balaban J connectivity index is 1.51. The van der Waals surface area contributed by atoms with Crippen LogP contribution in [0, 0.1) is 12.5 Å². The average molecular weight is 625 g/mol. The Hall–Kier alpha value is -4.61. The third-order valence-electron chi connectivity index (χ3n) is 8.07. The van der Waals surface area contributed by atoms with Crippen molar-refractivity contribution in [3.05, 3.63) is 70.6 Å². The topological polar surface area (TPSA) is 103 Å². The van der Waals surface area contributed by atoms with Crippen molar-refractivity contribution < 1.29 is 49.6 Å². The maximum Gasteiger partial charge on any atom is 0.418 e. The van der Waals surface area contributed by atoms with E-state index in [1.807, 2.05) is 0 Å². The second-order valence-electron chi connectivity index (χ2n) is 10.9. The Kier molecular flexibility index (Phi) is 6.64. The summed E-state index contributed by atoms with van der Waals surface area (Å²) in [5, 5.41) is 4.00. The first-order chi connectivity index (χ1) is 21.8. The van der Waals surface area contributed by atoms with E-state index in [2.05, 4.69) is 10.2 Å². The summed E-state index contributed by atoms with van der Waals surface area (Å²) in [5.74, 6) is -6.21. The van der Waals surface area contributed by atoms with Crippen LogP contribution in [-0.4, -0.2) is 59.2 Å². The van der Waals surface area contributed by atoms with Crippen LogP contribution in [0.5, 0.6) is 0 Å². The number of amides is 4. The van der Waals surface area contributed by atoms with Gasteiger partial charge in [0.05, 0.1) is 23.2 Å². The first kappa shape index (κ1) is 27.0. The highest BCUT2D eigenvalue weighted by molar-refractivity contribution is 6.40. The number of rotatable bonds is 5. The molecule has 3 aliphatic rings. The summed E-state index contributed by atoms with van der Waals surface area (Å²) < 4.78 is 106. The number of alkyl halides is 6. The van der Waals surface area contributed by atoms with E-state index in [0.717, 1.165) is 4.90 Å². The molecule has 2 fully saturated rings. The molecule has 0 unspecified atom stereocenters. The molecule has 0 aromatic heterocycles. The van der Waals surface area contributed by atoms with Crippen LogP contribution in [0.15, 0.2) is 42.5 Å². The van der Waals surface area contributed by atoms with Crippen molar-refractivity contribution >= 4 is 35.0 Å². The quantitative estimate of drug-likeness (QED) is 0.287. The molecule has 3 atom stereocenters. The van der Waals surface area contributed by atoms with Crippen LogP contribution < -0.4 is 10.6 Å². The van der Waals surface area contributed by atoms with Crippen LogP contribution in [0.3, 0.4) is 0 Å². The third kappa shape index (κ3) is 5.44. The largest absolute Gasteiger partial charge is 0.418 e. The number of anilines is 2. The highest BCUT2D eigenvalue weighted by atomic mass is 19.4. The van der Waals surface area contributed by atoms with Crippen LogP contribution >= 0.6 is 0 Å². The monoisotopic (exact) mass is 624 g/mol. The van der Waals surface area contributed by atoms with Crippen LogP contribution in [0.4, 0.5) is 37.7 Å². The number of carbonyl (C=O) groups excluding carboxylic acids is 4. The smallest absolute Gasteiger partial charge is 0.325 e. The van der Waals surface area contributed by atoms with Crippen molar-refractivity contribution in [3.63, 3.8) is 0 Å². The highest BCUT2D eigenvalue weighted by Gasteiger charge is 2.59. The molecule has 2 heterocycles. The lowest BCUT2D eigenvalue weighted by molar-refractivity contribution is -0.149. The minimum atomic E-state index is -5.42. The van der Waals surface area contributed by atoms with E-state index in [1.54, 1.807) is 24.3 Å². The van der Waals surface area contributed by atoms with Gasteiger partial charge in [0.2, 0.25) is 5.91 Å². The number of benzene rings is 2. The number of nitrogens with one attached hydrogen (secondary N) is 2. The van der Waals surface area contributed by atoms with E-state index < -0.39 is 83.9 Å². The molecule has 232 valence electrons. The Morgan fingerprint density at radius 3 is 2.32 bits per heavy atom. The van der Waals surface area contributed by atoms with Gasteiger partial charge >= 0.3 is 30.3 Å². The molecular formula is C29H25F6N5O4. The lowest BCUT2D eigenvalue weighted by Crippen LogP contribution is -2.53. The fourth-order valence-corrected chi connectivity index (χ4v) is 5.71. The first-order valence-corrected chi connectivity index (χ1v) is 13.3. The molecule has 4 amide bonds. The molecule has 0 radical (unpaired) electrons. The van der Waals surface area contributed by atoms with E-state index in [-0.39, 0.29) is 35.8 Å². The van der Waals surface area contributed by atoms with Crippen molar-refractivity contribution in [1.82, 2.24) is 9.80 Å². The van der Waals surface area contributed by atoms with Gasteiger partial charge in [-0.25, -0.2) is 6.57 Å². The number of fused-ring (bicyclic) bond motifs is 2. The van der Waals surface area contributed by atoms with Gasteiger partial charge in [-0.2, -0.15) is 26.3 Å². The minimum Gasteiger partial charge on any atom is -0.325 e. The van der Waals surface area contributed by atoms with Crippen molar-refractivity contribution in [3.8, 4) is 0 Å². The summed E-state index contributed by atoms with van der Waals surface area (Å²) in [5.41, 5.74) is -6.18. The molecule has 15 heteroatoms. The fourth-order valence-electron chi connectivity index (χ4n) is 5.71. The zero-order chi connectivity index (χ0) is 34.7. The zero-order valence-electron chi connectivity index (χ0n) is 25.6. The van der Waals surface area contributed by atoms with E-state index in [1.165, 1.54) is 5.32 Å². The predicted molar refractivity (Wildman–Crippen MR) is 142 cm³/mol. The molecule has 5 rings (SSSR count). The number of halogens is 6. The van der Waals surface area contributed by atoms with Gasteiger partial charge in [-0.15, -0.1) is 0 Å². The lowest BCUT2D eigenvalue weighted by atomic mass is 9.80. The van der Waals surface area contributed by atoms with Crippen LogP contribution in [-0.2, 0) is 36.9 Å². The van der Waals surface area contributed by atoms with Gasteiger partial charge in [-0.1, -0.05) is 37.1 Å². The molecule has 1 spiro atoms. The Morgan fingerprint density at radius 1 is 1.11 bits per heavy atom. The van der Waals surface area contributed by atoms with E-state index in [4.69, 9.17) is 10.7 Å². The molecule has 9 nitrogen and oxygen atoms in total. The Bertz CT molecular complexity index is 1660.